The molecule has 1 N–H and O–H groups in total. The topological polar surface area (TPSA) is 90.4 Å². The van der Waals surface area contributed by atoms with Gasteiger partial charge in [0.1, 0.15) is 11.8 Å². The van der Waals surface area contributed by atoms with E-state index < -0.39 is 33.4 Å². The molecule has 2 unspecified atom stereocenters. The minimum Gasteiger partial charge on any atom is -0.494 e. The molecule has 3 aliphatic rings. The minimum atomic E-state index is -0.823. The molecule has 9 heteroatoms. The lowest BCUT2D eigenvalue weighted by Crippen LogP contribution is -2.59. The van der Waals surface area contributed by atoms with Crippen LogP contribution in [0.25, 0.3) is 0 Å². The number of hydrogen-bond donors (Lipinski definition) is 1. The first-order chi connectivity index (χ1) is 22.1. The van der Waals surface area contributed by atoms with Gasteiger partial charge in [0.25, 0.3) is 0 Å². The van der Waals surface area contributed by atoms with Crippen LogP contribution in [0.3, 0.4) is 0 Å². The van der Waals surface area contributed by atoms with Crippen molar-refractivity contribution in [2.24, 2.45) is 11.8 Å². The van der Waals surface area contributed by atoms with Gasteiger partial charge in [-0.1, -0.05) is 42.5 Å². The van der Waals surface area contributed by atoms with E-state index in [9.17, 15) is 19.5 Å². The molecular weight excluding hydrogens is 598 g/mol. The third-order valence-electron chi connectivity index (χ3n) is 9.90. The number of thioether (sulfide) groups is 1. The van der Waals surface area contributed by atoms with Crippen molar-refractivity contribution < 1.29 is 24.2 Å². The van der Waals surface area contributed by atoms with E-state index in [0.717, 1.165) is 5.56 Å². The fraction of sp³-hybridized carbons (Fsp3) is 0.486. The molecule has 0 aliphatic carbocycles. The Kier molecular flexibility index (Phi) is 10.0. The van der Waals surface area contributed by atoms with Gasteiger partial charge in [0, 0.05) is 29.6 Å². The zero-order chi connectivity index (χ0) is 33.2. The van der Waals surface area contributed by atoms with E-state index in [1.54, 1.807) is 38.6 Å². The molecule has 0 aromatic heterocycles. The number of carbonyl (C=O) groups excluding carboxylic acids is 3. The van der Waals surface area contributed by atoms with Crippen LogP contribution in [0.1, 0.15) is 46.1 Å². The summed E-state index contributed by atoms with van der Waals surface area (Å²) in [6.45, 7) is 16.6. The highest BCUT2D eigenvalue weighted by atomic mass is 32.2. The normalized spacial score (nSPS) is 27.0. The van der Waals surface area contributed by atoms with Gasteiger partial charge in [-0.2, -0.15) is 0 Å². The quantitative estimate of drug-likeness (QED) is 0.287. The Hall–Kier alpha value is -3.56. The summed E-state index contributed by atoms with van der Waals surface area (Å²) in [6.07, 6.45) is 5.13. The molecule has 0 radical (unpaired) electrons. The monoisotopic (exact) mass is 645 g/mol. The van der Waals surface area contributed by atoms with E-state index >= 15 is 0 Å². The fourth-order valence-corrected chi connectivity index (χ4v) is 10.2. The van der Waals surface area contributed by atoms with Crippen LogP contribution in [0.4, 0.5) is 5.69 Å². The summed E-state index contributed by atoms with van der Waals surface area (Å²) in [5.41, 5.74) is 1.66. The summed E-state index contributed by atoms with van der Waals surface area (Å²) in [4.78, 5) is 49.6. The Morgan fingerprint density at radius 2 is 1.74 bits per heavy atom. The first-order valence-electron chi connectivity index (χ1n) is 16.3. The number of hydrogen-bond acceptors (Lipinski definition) is 6. The van der Waals surface area contributed by atoms with Crippen LogP contribution < -0.4 is 9.64 Å². The second-order valence-electron chi connectivity index (χ2n) is 13.0. The predicted octanol–water partition coefficient (Wildman–Crippen LogP) is 5.11. The number of likely N-dealkylation sites (tertiary alicyclic amines) is 1. The molecule has 3 fully saturated rings. The van der Waals surface area contributed by atoms with E-state index in [2.05, 4.69) is 20.1 Å². The standard InChI is InChI=1S/C37H47N3O5S/c1-7-21-38(25(4)5)35(44)32-37-20-19-36(6,46-37)30(33(42)39(22-8-2)27-15-17-29(18-16-27)45-9-3)31(37)34(43)40(32)28(24-41)23-26-13-11-10-12-14-26/h7-8,10-18,25,28,30-32,41H,1-2,9,19-24H2,3-6H3/t28-,30-,31+,32?,36+,37?/m1/s1. The van der Waals surface area contributed by atoms with Gasteiger partial charge < -0.3 is 24.5 Å². The number of fused-ring (bicyclic) bond motifs is 1. The summed E-state index contributed by atoms with van der Waals surface area (Å²) >= 11 is 1.64. The molecule has 6 atom stereocenters. The second kappa shape index (κ2) is 13.7. The van der Waals surface area contributed by atoms with Gasteiger partial charge in [-0.25, -0.2) is 0 Å². The number of anilines is 1. The Balaban J connectivity index is 1.60. The number of aliphatic hydroxyl groups is 1. The van der Waals surface area contributed by atoms with E-state index in [-0.39, 0.29) is 36.9 Å². The lowest BCUT2D eigenvalue weighted by Gasteiger charge is -2.40. The number of rotatable bonds is 14. The van der Waals surface area contributed by atoms with Crippen molar-refractivity contribution >= 4 is 35.2 Å². The fourth-order valence-electron chi connectivity index (χ4n) is 7.91. The van der Waals surface area contributed by atoms with Crippen molar-refractivity contribution in [2.75, 3.05) is 31.2 Å². The maximum absolute atomic E-state index is 14.9. The van der Waals surface area contributed by atoms with Crippen molar-refractivity contribution in [2.45, 2.75) is 74.6 Å². The smallest absolute Gasteiger partial charge is 0.247 e. The van der Waals surface area contributed by atoms with Crippen LogP contribution in [-0.4, -0.2) is 86.6 Å². The largest absolute Gasteiger partial charge is 0.494 e. The highest BCUT2D eigenvalue weighted by molar-refractivity contribution is 8.02. The molecule has 0 saturated carbocycles. The number of carbonyl (C=O) groups is 3. The molecule has 3 amide bonds. The maximum Gasteiger partial charge on any atom is 0.247 e. The van der Waals surface area contributed by atoms with Gasteiger partial charge in [0.2, 0.25) is 17.7 Å². The average molecular weight is 646 g/mol. The summed E-state index contributed by atoms with van der Waals surface area (Å²) < 4.78 is 4.28. The highest BCUT2D eigenvalue weighted by Gasteiger charge is 2.78. The van der Waals surface area contributed by atoms with Crippen LogP contribution in [0, 0.1) is 11.8 Å². The highest BCUT2D eigenvalue weighted by Crippen LogP contribution is 2.72. The third-order valence-corrected chi connectivity index (χ3v) is 11.9. The average Bonchev–Trinajstić information content (AvgIpc) is 3.62. The van der Waals surface area contributed by atoms with E-state index in [0.29, 0.717) is 43.9 Å². The first kappa shape index (κ1) is 33.8. The van der Waals surface area contributed by atoms with Crippen molar-refractivity contribution in [1.29, 1.82) is 0 Å². The molecule has 8 nitrogen and oxygen atoms in total. The molecule has 5 rings (SSSR count). The lowest BCUT2D eigenvalue weighted by molar-refractivity contribution is -0.146. The van der Waals surface area contributed by atoms with Gasteiger partial charge in [-0.3, -0.25) is 14.4 Å². The summed E-state index contributed by atoms with van der Waals surface area (Å²) in [5, 5.41) is 10.8. The van der Waals surface area contributed by atoms with Crippen LogP contribution in [0.2, 0.25) is 0 Å². The lowest BCUT2D eigenvalue weighted by atomic mass is 9.66. The molecule has 3 heterocycles. The van der Waals surface area contributed by atoms with Crippen LogP contribution in [-0.2, 0) is 20.8 Å². The maximum atomic E-state index is 14.9. The molecule has 246 valence electrons. The molecule has 2 aromatic rings. The summed E-state index contributed by atoms with van der Waals surface area (Å²) in [7, 11) is 0. The van der Waals surface area contributed by atoms with Crippen molar-refractivity contribution in [3.8, 4) is 5.75 Å². The molecule has 2 aromatic carbocycles. The van der Waals surface area contributed by atoms with Crippen LogP contribution in [0.15, 0.2) is 79.9 Å². The third kappa shape index (κ3) is 5.77. The zero-order valence-corrected chi connectivity index (χ0v) is 28.2. The SMILES string of the molecule is C=CCN(C(=O)[C@H]1[C@H]2C(=O)N([C@@H](CO)Cc3ccccc3)C(C(=O)N(CC=C)C(C)C)C23CC[C@]1(C)S3)c1ccc(OCC)cc1. The second-order valence-corrected chi connectivity index (χ2v) is 14.9. The number of nitrogens with zero attached hydrogens (tertiary/aromatic N) is 3. The van der Waals surface area contributed by atoms with Crippen LogP contribution in [0.5, 0.6) is 5.75 Å². The van der Waals surface area contributed by atoms with Crippen LogP contribution >= 0.6 is 11.8 Å². The van der Waals surface area contributed by atoms with E-state index in [1.807, 2.05) is 75.4 Å². The molecule has 3 saturated heterocycles. The molecular formula is C37H47N3O5S. The predicted molar refractivity (Wildman–Crippen MR) is 184 cm³/mol. The Labute approximate surface area is 277 Å². The number of aliphatic hydroxyl groups excluding tert-OH is 1. The molecule has 2 bridgehead atoms. The van der Waals surface area contributed by atoms with E-state index in [4.69, 9.17) is 4.74 Å². The number of amides is 3. The van der Waals surface area contributed by atoms with Crippen molar-refractivity contribution in [3.05, 3.63) is 85.5 Å². The zero-order valence-electron chi connectivity index (χ0n) is 27.4. The van der Waals surface area contributed by atoms with Gasteiger partial charge in [0.05, 0.1) is 35.8 Å². The number of ether oxygens (including phenoxy) is 1. The Bertz CT molecular complexity index is 1450. The molecule has 1 spiro atoms. The van der Waals surface area contributed by atoms with Gasteiger partial charge in [-0.15, -0.1) is 24.9 Å². The molecule has 3 aliphatic heterocycles. The van der Waals surface area contributed by atoms with Gasteiger partial charge in [-0.05, 0) is 76.8 Å². The summed E-state index contributed by atoms with van der Waals surface area (Å²) in [5.74, 6) is -1.19. The Morgan fingerprint density at radius 1 is 1.07 bits per heavy atom. The van der Waals surface area contributed by atoms with Crippen molar-refractivity contribution in [3.63, 3.8) is 0 Å². The Morgan fingerprint density at radius 3 is 2.33 bits per heavy atom. The number of benzene rings is 2. The van der Waals surface area contributed by atoms with Gasteiger partial charge >= 0.3 is 0 Å². The van der Waals surface area contributed by atoms with E-state index in [1.165, 1.54) is 0 Å². The first-order valence-corrected chi connectivity index (χ1v) is 17.1. The summed E-state index contributed by atoms with van der Waals surface area (Å²) in [6, 6.07) is 15.5. The molecule has 46 heavy (non-hydrogen) atoms. The van der Waals surface area contributed by atoms with Crippen molar-refractivity contribution in [1.82, 2.24) is 9.80 Å². The minimum absolute atomic E-state index is 0.126. The van der Waals surface area contributed by atoms with Gasteiger partial charge in [0.15, 0.2) is 0 Å².